The quantitative estimate of drug-likeness (QED) is 0.785. The molecule has 0 amide bonds. The van der Waals surface area contributed by atoms with Crippen LogP contribution in [0.3, 0.4) is 0 Å². The summed E-state index contributed by atoms with van der Waals surface area (Å²) < 4.78 is 0. The van der Waals surface area contributed by atoms with Crippen LogP contribution in [-0.2, 0) is 0 Å². The molecule has 0 aromatic rings. The standard InChI is InChI=1S/C11H20N2.C8H16N2/c1-13-9-5-8-11(13)12-10-6-3-2-4-7-10;1-2-3-6-10-7-4-5-9-8-10/h10H,2-9H2,1H3;8H,2-7H2,1H3/b12-11-;. The smallest absolute Gasteiger partial charge is 0.0990 e. The van der Waals surface area contributed by atoms with Crippen molar-refractivity contribution in [1.29, 1.82) is 0 Å². The minimum absolute atomic E-state index is 0.657. The summed E-state index contributed by atoms with van der Waals surface area (Å²) in [5.74, 6) is 1.37. The summed E-state index contributed by atoms with van der Waals surface area (Å²) in [6, 6.07) is 0.657. The number of aliphatic imine (C=N–C) groups is 2. The third-order valence-corrected chi connectivity index (χ3v) is 5.02. The van der Waals surface area contributed by atoms with E-state index < -0.39 is 0 Å². The van der Waals surface area contributed by atoms with Crippen molar-refractivity contribution in [2.75, 3.05) is 33.2 Å². The normalized spacial score (nSPS) is 24.0. The molecule has 4 heteroatoms. The van der Waals surface area contributed by atoms with Crippen LogP contribution in [0.5, 0.6) is 0 Å². The molecule has 3 rings (SSSR count). The number of hydrogen-bond acceptors (Lipinski definition) is 3. The molecule has 2 aliphatic heterocycles. The molecule has 1 aliphatic carbocycles. The van der Waals surface area contributed by atoms with Crippen molar-refractivity contribution in [2.24, 2.45) is 9.98 Å². The first-order valence-corrected chi connectivity index (χ1v) is 9.81. The summed E-state index contributed by atoms with van der Waals surface area (Å²) >= 11 is 0. The minimum Gasteiger partial charge on any atom is -0.363 e. The predicted octanol–water partition coefficient (Wildman–Crippen LogP) is 3.96. The molecule has 0 N–H and O–H groups in total. The van der Waals surface area contributed by atoms with E-state index in [0.29, 0.717) is 6.04 Å². The van der Waals surface area contributed by atoms with E-state index in [2.05, 4.69) is 28.8 Å². The summed E-state index contributed by atoms with van der Waals surface area (Å²) in [5, 5.41) is 0. The van der Waals surface area contributed by atoms with E-state index in [-0.39, 0.29) is 0 Å². The lowest BCUT2D eigenvalue weighted by Crippen LogP contribution is -2.27. The molecule has 23 heavy (non-hydrogen) atoms. The Balaban J connectivity index is 0.000000174. The molecule has 1 saturated carbocycles. The van der Waals surface area contributed by atoms with Gasteiger partial charge >= 0.3 is 0 Å². The number of likely N-dealkylation sites (tertiary alicyclic amines) is 1. The lowest BCUT2D eigenvalue weighted by molar-refractivity contribution is 0.398. The summed E-state index contributed by atoms with van der Waals surface area (Å²) in [7, 11) is 2.18. The van der Waals surface area contributed by atoms with Gasteiger partial charge in [-0.15, -0.1) is 0 Å². The van der Waals surface area contributed by atoms with E-state index in [1.165, 1.54) is 89.7 Å². The highest BCUT2D eigenvalue weighted by atomic mass is 15.2. The van der Waals surface area contributed by atoms with Crippen LogP contribution in [0.2, 0.25) is 0 Å². The van der Waals surface area contributed by atoms with E-state index in [9.17, 15) is 0 Å². The lowest BCUT2D eigenvalue weighted by atomic mass is 9.96. The molecule has 3 aliphatic rings. The van der Waals surface area contributed by atoms with Gasteiger partial charge in [-0.1, -0.05) is 32.6 Å². The molecular weight excluding hydrogens is 284 g/mol. The van der Waals surface area contributed by atoms with E-state index >= 15 is 0 Å². The molecule has 0 aromatic carbocycles. The number of hydrogen-bond donors (Lipinski definition) is 0. The highest BCUT2D eigenvalue weighted by molar-refractivity contribution is 5.83. The van der Waals surface area contributed by atoms with Crippen molar-refractivity contribution in [3.8, 4) is 0 Å². The maximum absolute atomic E-state index is 4.86. The largest absolute Gasteiger partial charge is 0.363 e. The third-order valence-electron chi connectivity index (χ3n) is 5.02. The molecule has 0 spiro atoms. The fourth-order valence-corrected chi connectivity index (χ4v) is 3.51. The fourth-order valence-electron chi connectivity index (χ4n) is 3.51. The van der Waals surface area contributed by atoms with Crippen LogP contribution in [0.1, 0.15) is 71.1 Å². The SMILES string of the molecule is CCCCN1C=NCCC1.CN1CCC/C1=N/C1CCCCC1. The van der Waals surface area contributed by atoms with Crippen molar-refractivity contribution in [2.45, 2.75) is 77.2 Å². The maximum atomic E-state index is 4.86. The van der Waals surface area contributed by atoms with Gasteiger partial charge < -0.3 is 9.80 Å². The molecular formula is C19H36N4. The zero-order valence-electron chi connectivity index (χ0n) is 15.3. The van der Waals surface area contributed by atoms with E-state index in [1.807, 2.05) is 6.34 Å². The van der Waals surface area contributed by atoms with Gasteiger partial charge in [-0.2, -0.15) is 0 Å². The third kappa shape index (κ3) is 6.92. The van der Waals surface area contributed by atoms with Crippen LogP contribution < -0.4 is 0 Å². The van der Waals surface area contributed by atoms with Gasteiger partial charge in [-0.3, -0.25) is 9.98 Å². The second kappa shape index (κ2) is 10.7. The second-order valence-electron chi connectivity index (χ2n) is 7.13. The molecule has 0 bridgehead atoms. The Morgan fingerprint density at radius 1 is 1.13 bits per heavy atom. The van der Waals surface area contributed by atoms with Crippen LogP contribution in [0.15, 0.2) is 9.98 Å². The number of amidine groups is 1. The molecule has 2 fully saturated rings. The Labute approximate surface area is 143 Å². The van der Waals surface area contributed by atoms with Gasteiger partial charge in [0.05, 0.1) is 18.2 Å². The van der Waals surface area contributed by atoms with Crippen LogP contribution in [0.25, 0.3) is 0 Å². The van der Waals surface area contributed by atoms with Crippen LogP contribution >= 0.6 is 0 Å². The molecule has 0 aromatic heterocycles. The van der Waals surface area contributed by atoms with Gasteiger partial charge in [0.15, 0.2) is 0 Å². The first-order chi connectivity index (χ1) is 11.3. The van der Waals surface area contributed by atoms with Crippen molar-refractivity contribution in [3.63, 3.8) is 0 Å². The van der Waals surface area contributed by atoms with Crippen molar-refractivity contribution in [1.82, 2.24) is 9.80 Å². The number of unbranched alkanes of at least 4 members (excludes halogenated alkanes) is 1. The van der Waals surface area contributed by atoms with Crippen molar-refractivity contribution >= 4 is 12.2 Å². The summed E-state index contributed by atoms with van der Waals surface area (Å²) in [5.41, 5.74) is 0. The van der Waals surface area contributed by atoms with Gasteiger partial charge in [-0.25, -0.2) is 0 Å². The maximum Gasteiger partial charge on any atom is 0.0990 e. The molecule has 0 atom stereocenters. The monoisotopic (exact) mass is 320 g/mol. The molecule has 4 nitrogen and oxygen atoms in total. The zero-order chi connectivity index (χ0) is 16.3. The summed E-state index contributed by atoms with van der Waals surface area (Å²) in [4.78, 5) is 13.7. The van der Waals surface area contributed by atoms with Crippen molar-refractivity contribution in [3.05, 3.63) is 0 Å². The lowest BCUT2D eigenvalue weighted by Gasteiger charge is -2.21. The summed E-state index contributed by atoms with van der Waals surface area (Å²) in [6.07, 6.45) is 15.2. The van der Waals surface area contributed by atoms with E-state index in [4.69, 9.17) is 4.99 Å². The van der Waals surface area contributed by atoms with Gasteiger partial charge in [0, 0.05) is 39.6 Å². The first kappa shape index (κ1) is 18.3. The molecule has 132 valence electrons. The second-order valence-corrected chi connectivity index (χ2v) is 7.13. The Morgan fingerprint density at radius 2 is 1.96 bits per heavy atom. The Morgan fingerprint density at radius 3 is 2.57 bits per heavy atom. The first-order valence-electron chi connectivity index (χ1n) is 9.81. The number of nitrogens with zero attached hydrogens (tertiary/aromatic N) is 4. The van der Waals surface area contributed by atoms with Crippen LogP contribution in [0, 0.1) is 0 Å². The van der Waals surface area contributed by atoms with Crippen LogP contribution in [-0.4, -0.2) is 61.2 Å². The van der Waals surface area contributed by atoms with Gasteiger partial charge in [0.1, 0.15) is 0 Å². The highest BCUT2D eigenvalue weighted by Crippen LogP contribution is 2.22. The fraction of sp³-hybridized carbons (Fsp3) is 0.895. The Kier molecular flexibility index (Phi) is 8.48. The molecule has 0 unspecified atom stereocenters. The van der Waals surface area contributed by atoms with Crippen LogP contribution in [0.4, 0.5) is 0 Å². The topological polar surface area (TPSA) is 31.2 Å². The van der Waals surface area contributed by atoms with Gasteiger partial charge in [-0.05, 0) is 32.1 Å². The molecule has 2 heterocycles. The number of rotatable bonds is 4. The highest BCUT2D eigenvalue weighted by Gasteiger charge is 2.18. The zero-order valence-corrected chi connectivity index (χ0v) is 15.3. The molecule has 0 radical (unpaired) electrons. The molecule has 1 saturated heterocycles. The average molecular weight is 321 g/mol. The predicted molar refractivity (Wildman–Crippen MR) is 101 cm³/mol. The van der Waals surface area contributed by atoms with E-state index in [0.717, 1.165) is 6.54 Å². The average Bonchev–Trinajstić information content (AvgIpc) is 3.00. The Bertz CT molecular complexity index is 372. The minimum atomic E-state index is 0.657. The Hall–Kier alpha value is -1.06. The van der Waals surface area contributed by atoms with Gasteiger partial charge in [0.25, 0.3) is 0 Å². The van der Waals surface area contributed by atoms with Crippen molar-refractivity contribution < 1.29 is 0 Å². The summed E-state index contributed by atoms with van der Waals surface area (Å²) in [6.45, 7) is 6.87. The van der Waals surface area contributed by atoms with Gasteiger partial charge in [0.2, 0.25) is 0 Å². The van der Waals surface area contributed by atoms with E-state index in [1.54, 1.807) is 0 Å².